The van der Waals surface area contributed by atoms with Crippen LogP contribution in [0.4, 0.5) is 11.4 Å². The number of hydrogen-bond acceptors (Lipinski definition) is 6. The molecule has 8 heteroatoms. The molecule has 8 nitrogen and oxygen atoms in total. The van der Waals surface area contributed by atoms with Crippen molar-refractivity contribution in [3.63, 3.8) is 0 Å². The lowest BCUT2D eigenvalue weighted by Crippen LogP contribution is -2.36. The molecule has 1 aliphatic heterocycles. The van der Waals surface area contributed by atoms with E-state index >= 15 is 0 Å². The summed E-state index contributed by atoms with van der Waals surface area (Å²) in [5.41, 5.74) is 1.42. The van der Waals surface area contributed by atoms with E-state index in [0.717, 1.165) is 0 Å². The molecule has 1 aliphatic rings. The average molecular weight is 398 g/mol. The third-order valence-corrected chi connectivity index (χ3v) is 4.20. The van der Waals surface area contributed by atoms with Crippen LogP contribution < -0.4 is 19.7 Å². The van der Waals surface area contributed by atoms with Gasteiger partial charge >= 0.3 is 5.97 Å². The molecule has 0 saturated carbocycles. The van der Waals surface area contributed by atoms with E-state index in [4.69, 9.17) is 14.2 Å². The molecule has 0 radical (unpaired) electrons. The second kappa shape index (κ2) is 9.09. The van der Waals surface area contributed by atoms with Gasteiger partial charge in [0.15, 0.2) is 11.5 Å². The van der Waals surface area contributed by atoms with E-state index in [1.54, 1.807) is 49.4 Å². The minimum Gasteiger partial charge on any atom is -0.486 e. The smallest absolute Gasteiger partial charge is 0.338 e. The van der Waals surface area contributed by atoms with E-state index in [0.29, 0.717) is 41.7 Å². The number of carbonyl (C=O) groups is 3. The summed E-state index contributed by atoms with van der Waals surface area (Å²) in [5.74, 6) is 0.0793. The maximum absolute atomic E-state index is 12.5. The Hall–Kier alpha value is -3.55. The Morgan fingerprint density at radius 1 is 1.03 bits per heavy atom. The highest BCUT2D eigenvalue weighted by molar-refractivity contribution is 6.02. The summed E-state index contributed by atoms with van der Waals surface area (Å²) in [4.78, 5) is 37.6. The maximum Gasteiger partial charge on any atom is 0.338 e. The molecule has 1 heterocycles. The predicted octanol–water partition coefficient (Wildman–Crippen LogP) is 2.63. The largest absolute Gasteiger partial charge is 0.486 e. The summed E-state index contributed by atoms with van der Waals surface area (Å²) in [6.07, 6.45) is 0. The van der Waals surface area contributed by atoms with Gasteiger partial charge in [-0.2, -0.15) is 0 Å². The second-order valence-corrected chi connectivity index (χ2v) is 6.28. The molecule has 29 heavy (non-hydrogen) atoms. The summed E-state index contributed by atoms with van der Waals surface area (Å²) in [6, 6.07) is 11.4. The van der Waals surface area contributed by atoms with Gasteiger partial charge in [-0.15, -0.1) is 0 Å². The Morgan fingerprint density at radius 3 is 2.38 bits per heavy atom. The summed E-state index contributed by atoms with van der Waals surface area (Å²) < 4.78 is 15.9. The van der Waals surface area contributed by atoms with Crippen LogP contribution in [0.5, 0.6) is 11.5 Å². The van der Waals surface area contributed by atoms with Gasteiger partial charge in [0.2, 0.25) is 11.8 Å². The highest BCUT2D eigenvalue weighted by atomic mass is 16.6. The molecule has 2 aromatic carbocycles. The van der Waals surface area contributed by atoms with Gasteiger partial charge in [-0.3, -0.25) is 9.59 Å². The number of esters is 1. The van der Waals surface area contributed by atoms with Crippen LogP contribution in [0.3, 0.4) is 0 Å². The number of anilines is 2. The molecule has 0 spiro atoms. The van der Waals surface area contributed by atoms with Gasteiger partial charge in [0.05, 0.1) is 12.2 Å². The fourth-order valence-corrected chi connectivity index (χ4v) is 2.84. The molecule has 2 amide bonds. The first kappa shape index (κ1) is 20.2. The van der Waals surface area contributed by atoms with Crippen molar-refractivity contribution in [2.75, 3.05) is 36.6 Å². The van der Waals surface area contributed by atoms with E-state index in [1.165, 1.54) is 11.8 Å². The molecule has 0 unspecified atom stereocenters. The molecule has 3 rings (SSSR count). The molecule has 0 atom stereocenters. The summed E-state index contributed by atoms with van der Waals surface area (Å²) in [5, 5.41) is 2.75. The highest BCUT2D eigenvalue weighted by Crippen LogP contribution is 2.32. The number of ether oxygens (including phenoxy) is 3. The zero-order chi connectivity index (χ0) is 20.8. The molecule has 1 N–H and O–H groups in total. The quantitative estimate of drug-likeness (QED) is 0.752. The van der Waals surface area contributed by atoms with Crippen LogP contribution >= 0.6 is 0 Å². The van der Waals surface area contributed by atoms with Crippen LogP contribution in [-0.2, 0) is 14.3 Å². The third-order valence-electron chi connectivity index (χ3n) is 4.20. The maximum atomic E-state index is 12.5. The zero-order valence-electron chi connectivity index (χ0n) is 16.3. The van der Waals surface area contributed by atoms with Gasteiger partial charge in [-0.25, -0.2) is 4.79 Å². The lowest BCUT2D eigenvalue weighted by molar-refractivity contribution is -0.120. The molecule has 0 aliphatic carbocycles. The van der Waals surface area contributed by atoms with Crippen LogP contribution in [0.15, 0.2) is 42.5 Å². The Morgan fingerprint density at radius 2 is 1.72 bits per heavy atom. The minimum atomic E-state index is -0.440. The number of hydrogen-bond donors (Lipinski definition) is 1. The van der Waals surface area contributed by atoms with E-state index in [-0.39, 0.29) is 25.0 Å². The number of nitrogens with zero attached hydrogens (tertiary/aromatic N) is 1. The van der Waals surface area contributed by atoms with Gasteiger partial charge < -0.3 is 24.4 Å². The van der Waals surface area contributed by atoms with E-state index in [1.807, 2.05) is 0 Å². The van der Waals surface area contributed by atoms with E-state index in [2.05, 4.69) is 5.32 Å². The Kier molecular flexibility index (Phi) is 6.33. The summed E-state index contributed by atoms with van der Waals surface area (Å²) in [6.45, 7) is 4.13. The van der Waals surface area contributed by atoms with Crippen molar-refractivity contribution in [3.8, 4) is 11.5 Å². The number of benzene rings is 2. The fourth-order valence-electron chi connectivity index (χ4n) is 2.84. The van der Waals surface area contributed by atoms with Gasteiger partial charge in [-0.1, -0.05) is 0 Å². The van der Waals surface area contributed by atoms with E-state index in [9.17, 15) is 14.4 Å². The van der Waals surface area contributed by atoms with Crippen LogP contribution in [0.1, 0.15) is 24.2 Å². The minimum absolute atomic E-state index is 0.178. The van der Waals surface area contributed by atoms with Gasteiger partial charge in [-0.05, 0) is 43.3 Å². The van der Waals surface area contributed by atoms with Crippen molar-refractivity contribution < 1.29 is 28.6 Å². The summed E-state index contributed by atoms with van der Waals surface area (Å²) in [7, 11) is 0. The topological polar surface area (TPSA) is 94.2 Å². The summed E-state index contributed by atoms with van der Waals surface area (Å²) >= 11 is 0. The molecule has 0 saturated heterocycles. The predicted molar refractivity (Wildman–Crippen MR) is 106 cm³/mol. The monoisotopic (exact) mass is 398 g/mol. The van der Waals surface area contributed by atoms with Crippen molar-refractivity contribution in [1.82, 2.24) is 0 Å². The Bertz CT molecular complexity index is 910. The SMILES string of the molecule is CCOC(=O)c1ccc(N(CC(=O)Nc2ccc3c(c2)OCCO3)C(C)=O)cc1. The Balaban J connectivity index is 1.68. The molecular formula is C21H22N2O6. The van der Waals surface area contributed by atoms with Crippen molar-refractivity contribution >= 4 is 29.2 Å². The fraction of sp³-hybridized carbons (Fsp3) is 0.286. The van der Waals surface area contributed by atoms with Crippen molar-refractivity contribution in [3.05, 3.63) is 48.0 Å². The Labute approximate surface area is 168 Å². The third kappa shape index (κ3) is 5.04. The highest BCUT2D eigenvalue weighted by Gasteiger charge is 2.18. The molecule has 0 bridgehead atoms. The van der Waals surface area contributed by atoms with E-state index < -0.39 is 5.97 Å². The van der Waals surface area contributed by atoms with Crippen molar-refractivity contribution in [2.24, 2.45) is 0 Å². The lowest BCUT2D eigenvalue weighted by Gasteiger charge is -2.22. The van der Waals surface area contributed by atoms with Crippen LogP contribution in [0, 0.1) is 0 Å². The molecular weight excluding hydrogens is 376 g/mol. The van der Waals surface area contributed by atoms with Gasteiger partial charge in [0.25, 0.3) is 0 Å². The zero-order valence-corrected chi connectivity index (χ0v) is 16.3. The van der Waals surface area contributed by atoms with Crippen LogP contribution in [0.2, 0.25) is 0 Å². The number of rotatable bonds is 6. The molecule has 0 fully saturated rings. The normalized spacial score (nSPS) is 12.1. The molecule has 152 valence electrons. The first-order valence-electron chi connectivity index (χ1n) is 9.22. The van der Waals surface area contributed by atoms with Gasteiger partial charge in [0, 0.05) is 24.4 Å². The van der Waals surface area contributed by atoms with Crippen molar-refractivity contribution in [1.29, 1.82) is 0 Å². The lowest BCUT2D eigenvalue weighted by atomic mass is 10.2. The van der Waals surface area contributed by atoms with Gasteiger partial charge in [0.1, 0.15) is 19.8 Å². The number of carbonyl (C=O) groups excluding carboxylic acids is 3. The number of nitrogens with one attached hydrogen (secondary N) is 1. The number of amides is 2. The first-order valence-corrected chi connectivity index (χ1v) is 9.22. The number of fused-ring (bicyclic) bond motifs is 1. The van der Waals surface area contributed by atoms with Crippen LogP contribution in [-0.4, -0.2) is 44.1 Å². The second-order valence-electron chi connectivity index (χ2n) is 6.28. The molecule has 2 aromatic rings. The van der Waals surface area contributed by atoms with Crippen LogP contribution in [0.25, 0.3) is 0 Å². The average Bonchev–Trinajstić information content (AvgIpc) is 2.72. The first-order chi connectivity index (χ1) is 14.0. The molecule has 0 aromatic heterocycles. The standard InChI is InChI=1S/C21H22N2O6/c1-3-27-21(26)15-4-7-17(8-5-15)23(14(2)24)13-20(25)22-16-6-9-18-19(12-16)29-11-10-28-18/h4-9,12H,3,10-11,13H2,1-2H3,(H,22,25). The van der Waals surface area contributed by atoms with Crippen molar-refractivity contribution in [2.45, 2.75) is 13.8 Å².